The quantitative estimate of drug-likeness (QED) is 0.598. The molecular weight excluding hydrogens is 188 g/mol. The van der Waals surface area contributed by atoms with E-state index in [-0.39, 0.29) is 0 Å². The van der Waals surface area contributed by atoms with Crippen molar-refractivity contribution < 1.29 is 5.11 Å². The Hall–Kier alpha value is -0.120. The predicted molar refractivity (Wildman–Crippen MR) is 63.7 cm³/mol. The van der Waals surface area contributed by atoms with Gasteiger partial charge >= 0.3 is 0 Å². The Labute approximate surface area is 93.4 Å². The molecule has 1 saturated carbocycles. The average molecular weight is 214 g/mol. The zero-order chi connectivity index (χ0) is 11.1. The Morgan fingerprint density at radius 3 is 2.73 bits per heavy atom. The van der Waals surface area contributed by atoms with Crippen LogP contribution in [-0.2, 0) is 0 Å². The van der Waals surface area contributed by atoms with Gasteiger partial charge in [-0.05, 0) is 44.6 Å². The van der Waals surface area contributed by atoms with Crippen molar-refractivity contribution in [3.8, 4) is 0 Å². The van der Waals surface area contributed by atoms with Crippen LogP contribution in [0.2, 0.25) is 0 Å². The Kier molecular flexibility index (Phi) is 6.22. The molecule has 1 fully saturated rings. The normalized spacial score (nSPS) is 28.2. The van der Waals surface area contributed by atoms with Crippen LogP contribution in [0.15, 0.2) is 0 Å². The third-order valence-corrected chi connectivity index (χ3v) is 3.40. The third-order valence-electron chi connectivity index (χ3n) is 3.40. The number of aliphatic hydroxyl groups is 1. The molecule has 0 aliphatic heterocycles. The molecule has 4 N–H and O–H groups in total. The van der Waals surface area contributed by atoms with Crippen LogP contribution in [0.4, 0.5) is 0 Å². The van der Waals surface area contributed by atoms with Gasteiger partial charge in [0.15, 0.2) is 0 Å². The maximum Gasteiger partial charge on any atom is 0.0434 e. The lowest BCUT2D eigenvalue weighted by Crippen LogP contribution is -2.33. The predicted octanol–water partition coefficient (Wildman–Crippen LogP) is 1.25. The minimum atomic E-state index is 0.316. The molecule has 3 nitrogen and oxygen atoms in total. The van der Waals surface area contributed by atoms with Crippen molar-refractivity contribution in [2.45, 2.75) is 57.5 Å². The van der Waals surface area contributed by atoms with Crippen LogP contribution in [0.3, 0.4) is 0 Å². The summed E-state index contributed by atoms with van der Waals surface area (Å²) in [6.07, 6.45) is 6.86. The smallest absolute Gasteiger partial charge is 0.0434 e. The Bertz CT molecular complexity index is 158. The molecular formula is C12H26N2O. The second-order valence-corrected chi connectivity index (χ2v) is 4.85. The van der Waals surface area contributed by atoms with Gasteiger partial charge in [0, 0.05) is 18.7 Å². The lowest BCUT2D eigenvalue weighted by atomic mass is 10.00. The summed E-state index contributed by atoms with van der Waals surface area (Å²) < 4.78 is 0. The number of rotatable bonds is 7. The number of hydrogen-bond donors (Lipinski definition) is 3. The van der Waals surface area contributed by atoms with E-state index in [1.54, 1.807) is 0 Å². The first-order valence-corrected chi connectivity index (χ1v) is 6.36. The Morgan fingerprint density at radius 1 is 1.40 bits per heavy atom. The van der Waals surface area contributed by atoms with Crippen LogP contribution in [0, 0.1) is 5.92 Å². The first-order valence-electron chi connectivity index (χ1n) is 6.36. The highest BCUT2D eigenvalue weighted by Crippen LogP contribution is 2.18. The van der Waals surface area contributed by atoms with Gasteiger partial charge in [0.2, 0.25) is 0 Å². The highest BCUT2D eigenvalue weighted by atomic mass is 16.3. The largest absolute Gasteiger partial charge is 0.396 e. The molecule has 3 heteroatoms. The van der Waals surface area contributed by atoms with Crippen molar-refractivity contribution in [1.29, 1.82) is 0 Å². The molecule has 0 aromatic heterocycles. The van der Waals surface area contributed by atoms with Gasteiger partial charge in [-0.15, -0.1) is 0 Å². The van der Waals surface area contributed by atoms with Gasteiger partial charge in [-0.2, -0.15) is 0 Å². The molecule has 3 atom stereocenters. The lowest BCUT2D eigenvalue weighted by Gasteiger charge is -2.19. The molecule has 15 heavy (non-hydrogen) atoms. The van der Waals surface area contributed by atoms with Gasteiger partial charge in [0.1, 0.15) is 0 Å². The lowest BCUT2D eigenvalue weighted by molar-refractivity contribution is 0.245. The second-order valence-electron chi connectivity index (χ2n) is 4.85. The zero-order valence-corrected chi connectivity index (χ0v) is 9.91. The van der Waals surface area contributed by atoms with E-state index in [9.17, 15) is 0 Å². The fourth-order valence-electron chi connectivity index (χ4n) is 2.47. The van der Waals surface area contributed by atoms with Gasteiger partial charge in [0.05, 0.1) is 0 Å². The van der Waals surface area contributed by atoms with Crippen molar-refractivity contribution in [2.24, 2.45) is 11.7 Å². The van der Waals surface area contributed by atoms with Crippen LogP contribution in [-0.4, -0.2) is 30.3 Å². The summed E-state index contributed by atoms with van der Waals surface area (Å²) in [7, 11) is 0. The highest BCUT2D eigenvalue weighted by molar-refractivity contribution is 4.83. The van der Waals surface area contributed by atoms with E-state index in [4.69, 9.17) is 10.8 Å². The second kappa shape index (κ2) is 7.20. The molecule has 0 saturated heterocycles. The molecule has 0 radical (unpaired) electrons. The van der Waals surface area contributed by atoms with E-state index in [1.165, 1.54) is 19.3 Å². The first kappa shape index (κ1) is 12.9. The summed E-state index contributed by atoms with van der Waals surface area (Å²) >= 11 is 0. The van der Waals surface area contributed by atoms with Gasteiger partial charge in [-0.25, -0.2) is 0 Å². The Balaban J connectivity index is 2.15. The molecule has 0 aromatic rings. The average Bonchev–Trinajstić information content (AvgIpc) is 2.61. The van der Waals surface area contributed by atoms with Gasteiger partial charge in [-0.3, -0.25) is 0 Å². The van der Waals surface area contributed by atoms with Crippen molar-refractivity contribution in [3.05, 3.63) is 0 Å². The summed E-state index contributed by atoms with van der Waals surface area (Å²) in [6.45, 7) is 3.57. The SMILES string of the molecule is CCCC(CCO)CNC1CCC(N)C1. The topological polar surface area (TPSA) is 58.3 Å². The molecule has 1 aliphatic carbocycles. The minimum Gasteiger partial charge on any atom is -0.396 e. The van der Waals surface area contributed by atoms with E-state index >= 15 is 0 Å². The summed E-state index contributed by atoms with van der Waals surface area (Å²) in [5.41, 5.74) is 5.87. The van der Waals surface area contributed by atoms with Crippen LogP contribution >= 0.6 is 0 Å². The maximum atomic E-state index is 8.95. The molecule has 0 spiro atoms. The molecule has 0 amide bonds. The van der Waals surface area contributed by atoms with E-state index in [0.29, 0.717) is 24.6 Å². The number of nitrogens with two attached hydrogens (primary N) is 1. The van der Waals surface area contributed by atoms with Crippen LogP contribution in [0.1, 0.15) is 45.4 Å². The van der Waals surface area contributed by atoms with Crippen molar-refractivity contribution >= 4 is 0 Å². The highest BCUT2D eigenvalue weighted by Gasteiger charge is 2.21. The third kappa shape index (κ3) is 4.96. The Morgan fingerprint density at radius 2 is 2.20 bits per heavy atom. The van der Waals surface area contributed by atoms with Crippen LogP contribution in [0.25, 0.3) is 0 Å². The molecule has 0 heterocycles. The zero-order valence-electron chi connectivity index (χ0n) is 9.91. The standard InChI is InChI=1S/C12H26N2O/c1-2-3-10(6-7-15)9-14-12-5-4-11(13)8-12/h10-12,14-15H,2-9,13H2,1H3. The number of aliphatic hydroxyl groups excluding tert-OH is 1. The summed E-state index contributed by atoms with van der Waals surface area (Å²) in [5, 5.41) is 12.5. The molecule has 0 bridgehead atoms. The van der Waals surface area contributed by atoms with Gasteiger partial charge in [0.25, 0.3) is 0 Å². The van der Waals surface area contributed by atoms with E-state index in [1.807, 2.05) is 0 Å². The molecule has 90 valence electrons. The summed E-state index contributed by atoms with van der Waals surface area (Å²) in [5.74, 6) is 0.636. The van der Waals surface area contributed by atoms with Crippen LogP contribution in [0.5, 0.6) is 0 Å². The van der Waals surface area contributed by atoms with E-state index < -0.39 is 0 Å². The van der Waals surface area contributed by atoms with Crippen molar-refractivity contribution in [2.75, 3.05) is 13.2 Å². The molecule has 0 aromatic carbocycles. The first-order chi connectivity index (χ1) is 7.26. The fraction of sp³-hybridized carbons (Fsp3) is 1.00. The molecule has 3 unspecified atom stereocenters. The van der Waals surface area contributed by atoms with Crippen LogP contribution < -0.4 is 11.1 Å². The van der Waals surface area contributed by atoms with Crippen molar-refractivity contribution in [1.82, 2.24) is 5.32 Å². The number of hydrogen-bond acceptors (Lipinski definition) is 3. The number of nitrogens with one attached hydrogen (secondary N) is 1. The summed E-state index contributed by atoms with van der Waals surface area (Å²) in [4.78, 5) is 0. The molecule has 1 aliphatic rings. The summed E-state index contributed by atoms with van der Waals surface area (Å²) in [6, 6.07) is 1.03. The van der Waals surface area contributed by atoms with Gasteiger partial charge in [-0.1, -0.05) is 13.3 Å². The van der Waals surface area contributed by atoms with E-state index in [0.717, 1.165) is 25.8 Å². The maximum absolute atomic E-state index is 8.95. The minimum absolute atomic E-state index is 0.316. The van der Waals surface area contributed by atoms with E-state index in [2.05, 4.69) is 12.2 Å². The monoisotopic (exact) mass is 214 g/mol. The fourth-order valence-corrected chi connectivity index (χ4v) is 2.47. The molecule has 1 rings (SSSR count). The van der Waals surface area contributed by atoms with Gasteiger partial charge < -0.3 is 16.2 Å². The van der Waals surface area contributed by atoms with Crippen molar-refractivity contribution in [3.63, 3.8) is 0 Å².